The topological polar surface area (TPSA) is 164 Å². The van der Waals surface area contributed by atoms with Crippen molar-refractivity contribution in [2.45, 2.75) is 11.3 Å². The Labute approximate surface area is 172 Å². The fraction of sp³-hybridized carbons (Fsp3) is 0.263. The molecule has 0 spiro atoms. The molecule has 2 unspecified atom stereocenters. The van der Waals surface area contributed by atoms with Crippen molar-refractivity contribution in [3.05, 3.63) is 48.7 Å². The first-order valence-electron chi connectivity index (χ1n) is 9.17. The predicted octanol–water partition coefficient (Wildman–Crippen LogP) is 1.33. The van der Waals surface area contributed by atoms with E-state index >= 15 is 0 Å². The quantitative estimate of drug-likeness (QED) is 0.499. The zero-order valence-electron chi connectivity index (χ0n) is 15.6. The second-order valence-corrected chi connectivity index (χ2v) is 8.85. The van der Waals surface area contributed by atoms with Crippen molar-refractivity contribution >= 4 is 39.4 Å². The molecule has 2 aromatic rings. The Morgan fingerprint density at radius 2 is 1.73 bits per heavy atom. The van der Waals surface area contributed by atoms with Crippen molar-refractivity contribution in [3.8, 4) is 0 Å². The second-order valence-electron chi connectivity index (χ2n) is 7.29. The minimum Gasteiger partial charge on any atom is -0.481 e. The van der Waals surface area contributed by atoms with Gasteiger partial charge in [0.1, 0.15) is 5.82 Å². The van der Waals surface area contributed by atoms with Gasteiger partial charge in [-0.1, -0.05) is 12.2 Å². The maximum atomic E-state index is 12.7. The lowest BCUT2D eigenvalue weighted by Crippen LogP contribution is -2.36. The van der Waals surface area contributed by atoms with Crippen LogP contribution in [0.5, 0.6) is 0 Å². The Morgan fingerprint density at radius 3 is 2.37 bits per heavy atom. The van der Waals surface area contributed by atoms with E-state index in [1.165, 1.54) is 30.5 Å². The molecule has 2 aliphatic rings. The van der Waals surface area contributed by atoms with Crippen LogP contribution in [-0.2, 0) is 19.6 Å². The predicted molar refractivity (Wildman–Crippen MR) is 107 cm³/mol. The van der Waals surface area contributed by atoms with Gasteiger partial charge in [0.25, 0.3) is 0 Å². The minimum atomic E-state index is -3.78. The Bertz CT molecular complexity index is 1130. The number of nitrogens with zero attached hydrogens (tertiary/aromatic N) is 2. The molecular formula is C19H19N5O5S. The standard InChI is InChI=1S/C19H19N5O5S/c20-30(28,29)13-5-3-12(4-6-13)22-14-7-8-21-19(23-14)24-17(25)15-10-1-2-11(9-10)16(15)18(26)27/h1-8,10-11,15-16H,9H2,(H,26,27)(H2,20,28,29)(H2,21,22,23,24,25)/t10?,11?,15-,16+/m1/s1. The summed E-state index contributed by atoms with van der Waals surface area (Å²) in [5.74, 6) is -2.64. The summed E-state index contributed by atoms with van der Waals surface area (Å²) >= 11 is 0. The Morgan fingerprint density at radius 1 is 1.07 bits per heavy atom. The van der Waals surface area contributed by atoms with Gasteiger partial charge < -0.3 is 10.4 Å². The molecule has 1 saturated carbocycles. The van der Waals surface area contributed by atoms with Crippen LogP contribution in [0.3, 0.4) is 0 Å². The van der Waals surface area contributed by atoms with Crippen LogP contribution >= 0.6 is 0 Å². The van der Waals surface area contributed by atoms with Gasteiger partial charge in [-0.3, -0.25) is 14.9 Å². The molecule has 1 aromatic carbocycles. The number of anilines is 3. The number of allylic oxidation sites excluding steroid dienone is 2. The number of hydrogen-bond acceptors (Lipinski definition) is 7. The zero-order valence-corrected chi connectivity index (χ0v) is 16.4. The normalized spacial score (nSPS) is 24.6. The Kier molecular flexibility index (Phi) is 5.00. The summed E-state index contributed by atoms with van der Waals surface area (Å²) in [6.07, 6.45) is 5.87. The van der Waals surface area contributed by atoms with Gasteiger partial charge in [-0.05, 0) is 48.6 Å². The smallest absolute Gasteiger partial charge is 0.307 e. The van der Waals surface area contributed by atoms with Gasteiger partial charge >= 0.3 is 5.97 Å². The second kappa shape index (κ2) is 7.50. The number of primary sulfonamides is 1. The third kappa shape index (κ3) is 3.89. The van der Waals surface area contributed by atoms with Crippen molar-refractivity contribution in [1.29, 1.82) is 0 Å². The monoisotopic (exact) mass is 429 g/mol. The average Bonchev–Trinajstić information content (AvgIpc) is 3.29. The molecule has 0 radical (unpaired) electrons. The number of fused-ring (bicyclic) bond motifs is 2. The number of carboxylic acids is 1. The van der Waals surface area contributed by atoms with Gasteiger partial charge in [0.2, 0.25) is 21.9 Å². The first-order chi connectivity index (χ1) is 14.2. The maximum absolute atomic E-state index is 12.7. The summed E-state index contributed by atoms with van der Waals surface area (Å²) in [5, 5.41) is 20.2. The van der Waals surface area contributed by atoms with Gasteiger partial charge in [-0.15, -0.1) is 0 Å². The molecule has 0 saturated heterocycles. The van der Waals surface area contributed by atoms with E-state index in [-0.39, 0.29) is 22.7 Å². The number of rotatable bonds is 6. The van der Waals surface area contributed by atoms with Gasteiger partial charge in [-0.25, -0.2) is 18.5 Å². The van der Waals surface area contributed by atoms with Gasteiger partial charge in [0, 0.05) is 11.9 Å². The number of nitrogens with two attached hydrogens (primary N) is 1. The fourth-order valence-electron chi connectivity index (χ4n) is 4.07. The lowest BCUT2D eigenvalue weighted by atomic mass is 9.82. The third-order valence-corrected chi connectivity index (χ3v) is 6.32. The number of benzene rings is 1. The largest absolute Gasteiger partial charge is 0.481 e. The number of aliphatic carboxylic acids is 1. The van der Waals surface area contributed by atoms with Crippen LogP contribution in [0.1, 0.15) is 6.42 Å². The van der Waals surface area contributed by atoms with E-state index in [1.807, 2.05) is 12.2 Å². The summed E-state index contributed by atoms with van der Waals surface area (Å²) in [5.41, 5.74) is 0.558. The summed E-state index contributed by atoms with van der Waals surface area (Å²) in [7, 11) is -3.78. The molecule has 30 heavy (non-hydrogen) atoms. The summed E-state index contributed by atoms with van der Waals surface area (Å²) in [6.45, 7) is 0. The molecule has 11 heteroatoms. The van der Waals surface area contributed by atoms with Crippen LogP contribution in [0.15, 0.2) is 53.6 Å². The Hall–Kier alpha value is -3.31. The van der Waals surface area contributed by atoms with E-state index in [9.17, 15) is 23.1 Å². The van der Waals surface area contributed by atoms with Crippen LogP contribution in [0.2, 0.25) is 0 Å². The molecule has 2 bridgehead atoms. The summed E-state index contributed by atoms with van der Waals surface area (Å²) in [6, 6.07) is 7.34. The molecule has 2 aliphatic carbocycles. The third-order valence-electron chi connectivity index (χ3n) is 5.39. The van der Waals surface area contributed by atoms with Crippen LogP contribution in [0.25, 0.3) is 0 Å². The SMILES string of the molecule is NS(=O)(=O)c1ccc(Nc2ccnc(NC(=O)[C@@H]3C4C=CC(C4)[C@@H]3C(=O)O)n2)cc1. The number of carbonyl (C=O) groups excluding carboxylic acids is 1. The molecule has 5 N–H and O–H groups in total. The highest BCUT2D eigenvalue weighted by molar-refractivity contribution is 7.89. The van der Waals surface area contributed by atoms with Crippen LogP contribution in [-0.4, -0.2) is 35.4 Å². The minimum absolute atomic E-state index is 0.0170. The van der Waals surface area contributed by atoms with Crippen LogP contribution in [0, 0.1) is 23.7 Å². The number of amides is 1. The molecule has 0 aliphatic heterocycles. The molecular weight excluding hydrogens is 410 g/mol. The van der Waals surface area contributed by atoms with Crippen molar-refractivity contribution in [2.75, 3.05) is 10.6 Å². The van der Waals surface area contributed by atoms with Crippen molar-refractivity contribution in [2.24, 2.45) is 28.8 Å². The molecule has 4 atom stereocenters. The molecule has 10 nitrogen and oxygen atoms in total. The molecule has 156 valence electrons. The number of carbonyl (C=O) groups is 2. The first kappa shape index (κ1) is 20.0. The van der Waals surface area contributed by atoms with E-state index in [1.54, 1.807) is 6.07 Å². The van der Waals surface area contributed by atoms with Crippen LogP contribution < -0.4 is 15.8 Å². The molecule has 1 amide bonds. The first-order valence-corrected chi connectivity index (χ1v) is 10.7. The zero-order chi connectivity index (χ0) is 21.5. The lowest BCUT2D eigenvalue weighted by Gasteiger charge is -2.23. The number of aromatic nitrogens is 2. The van der Waals surface area contributed by atoms with Gasteiger partial charge in [0.15, 0.2) is 0 Å². The number of nitrogens with one attached hydrogen (secondary N) is 2. The highest BCUT2D eigenvalue weighted by Crippen LogP contribution is 2.48. The number of carboxylic acid groups (broad SMARTS) is 1. The van der Waals surface area contributed by atoms with Crippen molar-refractivity contribution < 1.29 is 23.1 Å². The highest BCUT2D eigenvalue weighted by atomic mass is 32.2. The molecule has 1 heterocycles. The summed E-state index contributed by atoms with van der Waals surface area (Å²) < 4.78 is 22.7. The fourth-order valence-corrected chi connectivity index (χ4v) is 4.59. The van der Waals surface area contributed by atoms with E-state index in [0.29, 0.717) is 17.9 Å². The number of sulfonamides is 1. The Balaban J connectivity index is 1.47. The average molecular weight is 429 g/mol. The van der Waals surface area contributed by atoms with Gasteiger partial charge in [-0.2, -0.15) is 4.98 Å². The van der Waals surface area contributed by atoms with E-state index in [4.69, 9.17) is 5.14 Å². The molecule has 1 aromatic heterocycles. The van der Waals surface area contributed by atoms with Crippen molar-refractivity contribution in [3.63, 3.8) is 0 Å². The van der Waals surface area contributed by atoms with Crippen LogP contribution in [0.4, 0.5) is 17.5 Å². The van der Waals surface area contributed by atoms with Crippen molar-refractivity contribution in [1.82, 2.24) is 9.97 Å². The van der Waals surface area contributed by atoms with E-state index in [0.717, 1.165) is 0 Å². The maximum Gasteiger partial charge on any atom is 0.307 e. The highest BCUT2D eigenvalue weighted by Gasteiger charge is 2.51. The molecule has 4 rings (SSSR count). The van der Waals surface area contributed by atoms with E-state index in [2.05, 4.69) is 20.6 Å². The van der Waals surface area contributed by atoms with E-state index < -0.39 is 33.7 Å². The van der Waals surface area contributed by atoms with Gasteiger partial charge in [0.05, 0.1) is 16.7 Å². The molecule has 1 fully saturated rings. The lowest BCUT2D eigenvalue weighted by molar-refractivity contribution is -0.146. The summed E-state index contributed by atoms with van der Waals surface area (Å²) in [4.78, 5) is 32.6. The number of hydrogen-bond donors (Lipinski definition) is 4.